The highest BCUT2D eigenvalue weighted by Crippen LogP contribution is 2.27. The lowest BCUT2D eigenvalue weighted by atomic mass is 10.2. The highest BCUT2D eigenvalue weighted by molar-refractivity contribution is 8.15. The minimum atomic E-state index is -0.523. The van der Waals surface area contributed by atoms with E-state index in [-0.39, 0.29) is 18.2 Å². The summed E-state index contributed by atoms with van der Waals surface area (Å²) in [4.78, 5) is 28.5. The van der Waals surface area contributed by atoms with Crippen molar-refractivity contribution in [3.63, 3.8) is 0 Å². The minimum absolute atomic E-state index is 0.0323. The fourth-order valence-corrected chi connectivity index (χ4v) is 3.45. The Bertz CT molecular complexity index is 843. The normalized spacial score (nSPS) is 18.2. The lowest BCUT2D eigenvalue weighted by Gasteiger charge is -2.08. The van der Waals surface area contributed by atoms with Crippen molar-refractivity contribution >= 4 is 63.3 Å². The number of hydrogen-bond acceptors (Lipinski definition) is 4. The van der Waals surface area contributed by atoms with E-state index in [4.69, 9.17) is 23.2 Å². The Kier molecular flexibility index (Phi) is 5.63. The first-order chi connectivity index (χ1) is 12.0. The van der Waals surface area contributed by atoms with E-state index in [1.807, 2.05) is 30.3 Å². The molecule has 25 heavy (non-hydrogen) atoms. The van der Waals surface area contributed by atoms with Gasteiger partial charge in [0.05, 0.1) is 15.7 Å². The summed E-state index contributed by atoms with van der Waals surface area (Å²) in [6.07, 6.45) is 0.0323. The van der Waals surface area contributed by atoms with Crippen LogP contribution in [0.4, 0.5) is 11.4 Å². The Labute approximate surface area is 158 Å². The van der Waals surface area contributed by atoms with E-state index in [0.29, 0.717) is 20.9 Å². The van der Waals surface area contributed by atoms with Crippen LogP contribution in [0, 0.1) is 0 Å². The number of carbonyl (C=O) groups is 2. The summed E-state index contributed by atoms with van der Waals surface area (Å²) in [5.74, 6) is -0.518. The Balaban J connectivity index is 1.61. The van der Waals surface area contributed by atoms with E-state index >= 15 is 0 Å². The van der Waals surface area contributed by atoms with Crippen molar-refractivity contribution in [1.29, 1.82) is 0 Å². The van der Waals surface area contributed by atoms with Crippen LogP contribution < -0.4 is 10.6 Å². The van der Waals surface area contributed by atoms with Crippen LogP contribution >= 0.6 is 35.0 Å². The third-order valence-corrected chi connectivity index (χ3v) is 5.16. The average molecular weight is 394 g/mol. The summed E-state index contributed by atoms with van der Waals surface area (Å²) >= 11 is 13.0. The third kappa shape index (κ3) is 4.75. The van der Waals surface area contributed by atoms with Crippen molar-refractivity contribution in [2.45, 2.75) is 11.7 Å². The number of nitrogens with one attached hydrogen (secondary N) is 2. The van der Waals surface area contributed by atoms with Crippen LogP contribution in [0.2, 0.25) is 10.0 Å². The zero-order valence-corrected chi connectivity index (χ0v) is 15.2. The second-order valence-corrected chi connectivity index (χ2v) is 7.24. The van der Waals surface area contributed by atoms with Crippen LogP contribution in [0.1, 0.15) is 6.42 Å². The van der Waals surface area contributed by atoms with E-state index in [0.717, 1.165) is 5.69 Å². The molecule has 0 bridgehead atoms. The highest BCUT2D eigenvalue weighted by atomic mass is 35.5. The van der Waals surface area contributed by atoms with Gasteiger partial charge in [0.25, 0.3) is 0 Å². The van der Waals surface area contributed by atoms with Gasteiger partial charge in [0.15, 0.2) is 5.17 Å². The van der Waals surface area contributed by atoms with Gasteiger partial charge in [0, 0.05) is 12.1 Å². The Morgan fingerprint density at radius 2 is 1.92 bits per heavy atom. The van der Waals surface area contributed by atoms with E-state index in [2.05, 4.69) is 15.6 Å². The van der Waals surface area contributed by atoms with Crippen LogP contribution in [-0.4, -0.2) is 22.2 Å². The molecule has 1 fully saturated rings. The number of benzene rings is 2. The molecule has 0 unspecified atom stereocenters. The molecular weight excluding hydrogens is 381 g/mol. The quantitative estimate of drug-likeness (QED) is 0.815. The molecule has 1 atom stereocenters. The SMILES string of the molecule is O=C(C[C@@H]1SC(=Nc2ccccc2)NC1=O)Nc1ccc(Cl)c(Cl)c1. The summed E-state index contributed by atoms with van der Waals surface area (Å²) in [5, 5.41) is 6.13. The van der Waals surface area contributed by atoms with Gasteiger partial charge in [-0.05, 0) is 30.3 Å². The number of nitrogens with zero attached hydrogens (tertiary/aromatic N) is 1. The number of aliphatic imine (C=N–C) groups is 1. The van der Waals surface area contributed by atoms with Gasteiger partial charge in [-0.25, -0.2) is 4.99 Å². The number of thioether (sulfide) groups is 1. The Hall–Kier alpha value is -2.02. The first kappa shape index (κ1) is 17.8. The summed E-state index contributed by atoms with van der Waals surface area (Å²) in [7, 11) is 0. The second kappa shape index (κ2) is 7.91. The number of amidine groups is 1. The Morgan fingerprint density at radius 1 is 1.16 bits per heavy atom. The number of amides is 2. The van der Waals surface area contributed by atoms with Gasteiger partial charge in [0.2, 0.25) is 11.8 Å². The predicted molar refractivity (Wildman–Crippen MR) is 103 cm³/mol. The molecule has 1 saturated heterocycles. The molecule has 2 amide bonds. The third-order valence-electron chi connectivity index (χ3n) is 3.34. The van der Waals surface area contributed by atoms with Gasteiger partial charge in [0.1, 0.15) is 5.25 Å². The van der Waals surface area contributed by atoms with Crippen molar-refractivity contribution in [3.8, 4) is 0 Å². The fraction of sp³-hybridized carbons (Fsp3) is 0.118. The molecule has 2 aromatic carbocycles. The minimum Gasteiger partial charge on any atom is -0.326 e. The summed E-state index contributed by atoms with van der Waals surface area (Å²) in [5.41, 5.74) is 1.27. The molecule has 0 radical (unpaired) electrons. The molecule has 0 aromatic heterocycles. The maximum absolute atomic E-state index is 12.2. The largest absolute Gasteiger partial charge is 0.326 e. The maximum Gasteiger partial charge on any atom is 0.240 e. The van der Waals surface area contributed by atoms with Gasteiger partial charge < -0.3 is 10.6 Å². The van der Waals surface area contributed by atoms with Crippen molar-refractivity contribution in [2.75, 3.05) is 5.32 Å². The number of hydrogen-bond donors (Lipinski definition) is 2. The van der Waals surface area contributed by atoms with Gasteiger partial charge in [-0.1, -0.05) is 53.2 Å². The number of halogens is 2. The molecule has 0 spiro atoms. The van der Waals surface area contributed by atoms with Gasteiger partial charge >= 0.3 is 0 Å². The summed E-state index contributed by atoms with van der Waals surface area (Å²) in [6, 6.07) is 14.1. The second-order valence-electron chi connectivity index (χ2n) is 5.23. The van der Waals surface area contributed by atoms with Crippen molar-refractivity contribution < 1.29 is 9.59 Å². The van der Waals surface area contributed by atoms with E-state index in [9.17, 15) is 9.59 Å². The van der Waals surface area contributed by atoms with Crippen molar-refractivity contribution in [2.24, 2.45) is 4.99 Å². The predicted octanol–water partition coefficient (Wildman–Crippen LogP) is 4.24. The topological polar surface area (TPSA) is 70.6 Å². The summed E-state index contributed by atoms with van der Waals surface area (Å²) in [6.45, 7) is 0. The standard InChI is InChI=1S/C17H13Cl2N3O2S/c18-12-7-6-11(8-13(12)19)20-15(23)9-14-16(24)22-17(25-14)21-10-4-2-1-3-5-10/h1-8,14H,9H2,(H,20,23)(H,21,22,24)/t14-/m0/s1. The Morgan fingerprint density at radius 3 is 2.64 bits per heavy atom. The first-order valence-electron chi connectivity index (χ1n) is 7.37. The molecule has 0 aliphatic carbocycles. The molecule has 2 N–H and O–H groups in total. The first-order valence-corrected chi connectivity index (χ1v) is 9.01. The lowest BCUT2D eigenvalue weighted by Crippen LogP contribution is -2.28. The number of carbonyl (C=O) groups excluding carboxylic acids is 2. The van der Waals surface area contributed by atoms with E-state index in [1.165, 1.54) is 11.8 Å². The molecule has 1 aliphatic rings. The van der Waals surface area contributed by atoms with Gasteiger partial charge in [-0.2, -0.15) is 0 Å². The van der Waals surface area contributed by atoms with E-state index < -0.39 is 5.25 Å². The summed E-state index contributed by atoms with van der Waals surface area (Å²) < 4.78 is 0. The average Bonchev–Trinajstić information content (AvgIpc) is 2.91. The van der Waals surface area contributed by atoms with Crippen LogP contribution in [0.15, 0.2) is 53.5 Å². The van der Waals surface area contributed by atoms with Crippen molar-refractivity contribution in [1.82, 2.24) is 5.32 Å². The number of anilines is 1. The lowest BCUT2D eigenvalue weighted by molar-refractivity contribution is -0.122. The van der Waals surface area contributed by atoms with Crippen LogP contribution in [0.5, 0.6) is 0 Å². The molecule has 1 aliphatic heterocycles. The van der Waals surface area contributed by atoms with Gasteiger partial charge in [-0.3, -0.25) is 9.59 Å². The maximum atomic E-state index is 12.2. The zero-order chi connectivity index (χ0) is 17.8. The molecule has 0 saturated carbocycles. The fourth-order valence-electron chi connectivity index (χ4n) is 2.17. The molecule has 128 valence electrons. The van der Waals surface area contributed by atoms with Crippen LogP contribution in [0.3, 0.4) is 0 Å². The van der Waals surface area contributed by atoms with Gasteiger partial charge in [-0.15, -0.1) is 0 Å². The van der Waals surface area contributed by atoms with Crippen LogP contribution in [-0.2, 0) is 9.59 Å². The zero-order valence-electron chi connectivity index (χ0n) is 12.8. The van der Waals surface area contributed by atoms with Crippen molar-refractivity contribution in [3.05, 3.63) is 58.6 Å². The molecule has 1 heterocycles. The molecule has 2 aromatic rings. The molecular formula is C17H13Cl2N3O2S. The highest BCUT2D eigenvalue weighted by Gasteiger charge is 2.32. The van der Waals surface area contributed by atoms with E-state index in [1.54, 1.807) is 18.2 Å². The monoisotopic (exact) mass is 393 g/mol. The number of rotatable bonds is 4. The molecule has 3 rings (SSSR count). The molecule has 5 nitrogen and oxygen atoms in total. The van der Waals surface area contributed by atoms with Crippen LogP contribution in [0.25, 0.3) is 0 Å². The molecule has 8 heteroatoms. The smallest absolute Gasteiger partial charge is 0.240 e. The number of para-hydroxylation sites is 1.